The van der Waals surface area contributed by atoms with Crippen molar-refractivity contribution in [2.75, 3.05) is 0 Å². The molecule has 0 fully saturated rings. The maximum Gasteiger partial charge on any atom is -0.00134 e. The molecule has 0 atom stereocenters. The quantitative estimate of drug-likeness (QED) is 0.113. The van der Waals surface area contributed by atoms with Crippen molar-refractivity contribution in [3.8, 4) is 0 Å². The molecule has 0 aliphatic heterocycles. The van der Waals surface area contributed by atoms with Crippen LogP contribution in [0.4, 0.5) is 0 Å². The lowest BCUT2D eigenvalue weighted by Gasteiger charge is -2.19. The van der Waals surface area contributed by atoms with E-state index in [-0.39, 0.29) is 0 Å². The predicted octanol–water partition coefficient (Wildman–Crippen LogP) is 13.3. The minimum Gasteiger partial charge on any atom is -0.0616 e. The van der Waals surface area contributed by atoms with Gasteiger partial charge in [-0.15, -0.1) is 0 Å². The molecule has 0 amide bonds. The van der Waals surface area contributed by atoms with Crippen LogP contribution in [0.15, 0.2) is 133 Å². The number of hydrogen-bond acceptors (Lipinski definition) is 0. The Morgan fingerprint density at radius 3 is 0.904 bits per heavy atom. The highest BCUT2D eigenvalue weighted by Crippen LogP contribution is 2.49. The van der Waals surface area contributed by atoms with Crippen molar-refractivity contribution in [3.63, 3.8) is 0 Å². The van der Waals surface area contributed by atoms with Gasteiger partial charge in [0.1, 0.15) is 0 Å². The fourth-order valence-corrected chi connectivity index (χ4v) is 11.1. The van der Waals surface area contributed by atoms with E-state index in [0.29, 0.717) is 0 Å². The zero-order valence-corrected chi connectivity index (χ0v) is 28.7. The average molecular weight is 653 g/mol. The van der Waals surface area contributed by atoms with Crippen LogP contribution in [0.5, 0.6) is 0 Å². The zero-order valence-electron chi connectivity index (χ0n) is 28.7. The highest BCUT2D eigenvalue weighted by Gasteiger charge is 2.22. The molecule has 0 saturated carbocycles. The van der Waals surface area contributed by atoms with Crippen LogP contribution in [0, 0.1) is 55.6 Å². The highest BCUT2D eigenvalue weighted by atomic mass is 14.2. The second-order valence-electron chi connectivity index (χ2n) is 15.5. The fourth-order valence-electron chi connectivity index (χ4n) is 11.1. The first-order valence-corrected chi connectivity index (χ1v) is 18.5. The molecule has 0 bridgehead atoms. The Morgan fingerprint density at radius 1 is 0.231 bits per heavy atom. The smallest absolute Gasteiger partial charge is 0.00134 e. The summed E-state index contributed by atoms with van der Waals surface area (Å²) in [4.78, 5) is 0. The lowest BCUT2D eigenvalue weighted by atomic mass is 9.83. The summed E-state index contributed by atoms with van der Waals surface area (Å²) in [6.07, 6.45) is 0. The van der Waals surface area contributed by atoms with E-state index in [9.17, 15) is 0 Å². The minimum absolute atomic E-state index is 1.33. The predicted molar refractivity (Wildman–Crippen MR) is 219 cm³/mol. The van der Waals surface area contributed by atoms with E-state index in [0.717, 1.165) is 0 Å². The Labute approximate surface area is 296 Å². The molecular formula is C52H28. The van der Waals surface area contributed by atoms with Gasteiger partial charge in [0.2, 0.25) is 0 Å². The zero-order chi connectivity index (χ0) is 33.7. The van der Waals surface area contributed by atoms with Crippen molar-refractivity contribution in [1.82, 2.24) is 0 Å². The topological polar surface area (TPSA) is 0 Å². The van der Waals surface area contributed by atoms with Gasteiger partial charge in [-0.2, -0.15) is 0 Å². The number of aryl methyl sites for hydroxylation is 2. The fraction of sp³-hybridized carbons (Fsp3) is 0.0385. The summed E-state index contributed by atoms with van der Waals surface area (Å²) in [5, 5.41) is 35.7. The molecule has 0 heterocycles. The van der Waals surface area contributed by atoms with Crippen LogP contribution >= 0.6 is 0 Å². The maximum atomic E-state index is 2.43. The Bertz CT molecular complexity index is 3900. The third kappa shape index (κ3) is 2.73. The molecule has 2 aliphatic rings. The first-order chi connectivity index (χ1) is 25.7. The van der Waals surface area contributed by atoms with Crippen LogP contribution in [0.1, 0.15) is 11.1 Å². The molecule has 12 aromatic rings. The maximum absolute atomic E-state index is 2.43. The van der Waals surface area contributed by atoms with E-state index in [4.69, 9.17) is 0 Å². The van der Waals surface area contributed by atoms with Crippen LogP contribution < -0.4 is 0 Å². The first-order valence-electron chi connectivity index (χ1n) is 18.5. The van der Waals surface area contributed by atoms with E-state index in [1.807, 2.05) is 0 Å². The Balaban J connectivity index is 1.21. The molecule has 0 N–H and O–H groups in total. The van der Waals surface area contributed by atoms with Crippen LogP contribution in [0.25, 0.3) is 97.0 Å². The Kier molecular flexibility index (Phi) is 4.31. The van der Waals surface area contributed by atoms with Crippen molar-refractivity contribution < 1.29 is 0 Å². The van der Waals surface area contributed by atoms with E-state index < -0.39 is 0 Å². The first kappa shape index (κ1) is 26.3. The summed E-state index contributed by atoms with van der Waals surface area (Å²) < 4.78 is 0. The van der Waals surface area contributed by atoms with Gasteiger partial charge in [-0.05, 0) is 164 Å². The molecule has 0 radical (unpaired) electrons. The average Bonchev–Trinajstić information content (AvgIpc) is 3.70. The molecule has 0 nitrogen and oxygen atoms in total. The van der Waals surface area contributed by atoms with Crippen LogP contribution in [0.2, 0.25) is 0 Å². The van der Waals surface area contributed by atoms with Crippen LogP contribution in [-0.4, -0.2) is 0 Å². The third-order valence-corrected chi connectivity index (χ3v) is 13.3. The number of rotatable bonds is 0. The normalized spacial score (nSPS) is 13.2. The second kappa shape index (κ2) is 8.51. The molecule has 0 spiro atoms. The summed E-state index contributed by atoms with van der Waals surface area (Å²) in [5.74, 6) is 0. The number of benzene rings is 12. The summed E-state index contributed by atoms with van der Waals surface area (Å²) in [6, 6.07) is 51.8. The van der Waals surface area contributed by atoms with Crippen molar-refractivity contribution >= 4 is 97.0 Å². The van der Waals surface area contributed by atoms with Gasteiger partial charge in [0, 0.05) is 0 Å². The van der Waals surface area contributed by atoms with Gasteiger partial charge >= 0.3 is 0 Å². The van der Waals surface area contributed by atoms with Gasteiger partial charge < -0.3 is 0 Å². The van der Waals surface area contributed by atoms with E-state index in [2.05, 4.69) is 147 Å². The molecule has 236 valence electrons. The molecule has 0 aromatic heterocycles. The molecule has 2 aliphatic carbocycles. The molecule has 52 heavy (non-hydrogen) atoms. The Morgan fingerprint density at radius 2 is 0.519 bits per heavy atom. The summed E-state index contributed by atoms with van der Waals surface area (Å²) in [7, 11) is 0. The summed E-state index contributed by atoms with van der Waals surface area (Å²) in [5.41, 5.74) is 2.72. The molecule has 0 unspecified atom stereocenters. The van der Waals surface area contributed by atoms with Crippen molar-refractivity contribution in [1.29, 1.82) is 0 Å². The van der Waals surface area contributed by atoms with E-state index in [1.54, 1.807) is 0 Å². The lowest BCUT2D eigenvalue weighted by molar-refractivity contribution is 1.30. The van der Waals surface area contributed by atoms with Gasteiger partial charge in [0.15, 0.2) is 0 Å². The highest BCUT2D eigenvalue weighted by molar-refractivity contribution is 6.42. The van der Waals surface area contributed by atoms with Gasteiger partial charge in [0.25, 0.3) is 0 Å². The van der Waals surface area contributed by atoms with E-state index >= 15 is 0 Å². The van der Waals surface area contributed by atoms with Crippen molar-refractivity contribution in [2.45, 2.75) is 13.8 Å². The van der Waals surface area contributed by atoms with Crippen LogP contribution in [-0.2, 0) is 0 Å². The van der Waals surface area contributed by atoms with Crippen molar-refractivity contribution in [2.24, 2.45) is 0 Å². The molecule has 12 aromatic carbocycles. The molecule has 0 heteroatoms. The SMILES string of the molecule is Cc1cc2c(cc1C)=c1ccc3c4ccc5c6ccc7c8c(ccc(c9ccc(c%10ccc=2c1c%103)c4c95)c86)=c1c=7c2ccccc2c2ccccc12. The monoisotopic (exact) mass is 652 g/mol. The number of hydrogen-bond donors (Lipinski definition) is 0. The lowest BCUT2D eigenvalue weighted by Crippen LogP contribution is -1.92. The molecular weight excluding hydrogens is 625 g/mol. The van der Waals surface area contributed by atoms with Gasteiger partial charge in [-0.3, -0.25) is 0 Å². The van der Waals surface area contributed by atoms with Gasteiger partial charge in [-0.25, -0.2) is 0 Å². The minimum atomic E-state index is 1.33. The molecule has 14 rings (SSSR count). The molecule has 0 saturated heterocycles. The standard InChI is InChI=1S/C52H28/c1-25-23-43-39-17-15-35-31-11-13-33-37-19-21-41-50-29-9-5-3-7-27(29)28-8-4-6-10-30(28)51(50)42-22-20-38(48(37)52(41)42)34-14-12-32(45(31)46(33)34)36-16-18-40(49(39)47(35)36)44(43)24-26(25)2/h3-24H,1-2H3. The number of fused-ring (bicyclic) bond motifs is 11. The van der Waals surface area contributed by atoms with E-state index in [1.165, 1.54) is 150 Å². The van der Waals surface area contributed by atoms with Gasteiger partial charge in [0.05, 0.1) is 0 Å². The largest absolute Gasteiger partial charge is 0.0616 e. The Hall–Kier alpha value is -6.50. The van der Waals surface area contributed by atoms with Crippen LogP contribution in [0.3, 0.4) is 0 Å². The summed E-state index contributed by atoms with van der Waals surface area (Å²) >= 11 is 0. The summed E-state index contributed by atoms with van der Waals surface area (Å²) in [6.45, 7) is 4.48. The third-order valence-electron chi connectivity index (χ3n) is 13.3. The van der Waals surface area contributed by atoms with Crippen molar-refractivity contribution in [3.05, 3.63) is 186 Å². The second-order valence-corrected chi connectivity index (χ2v) is 15.5. The van der Waals surface area contributed by atoms with Gasteiger partial charge in [-0.1, -0.05) is 133 Å².